The predicted octanol–water partition coefficient (Wildman–Crippen LogP) is 6.94. The number of hydrogen-bond acceptors (Lipinski definition) is 9. The molecule has 0 bridgehead atoms. The van der Waals surface area contributed by atoms with Crippen molar-refractivity contribution in [1.29, 1.82) is 0 Å². The summed E-state index contributed by atoms with van der Waals surface area (Å²) in [5.74, 6) is -3.65. The molecular weight excluding hydrogens is 489 g/mol. The third-order valence-electron chi connectivity index (χ3n) is 3.21. The summed E-state index contributed by atoms with van der Waals surface area (Å²) in [7, 11) is 0. The maximum Gasteiger partial charge on any atom is 0.263 e. The lowest BCUT2D eigenvalue weighted by atomic mass is 10.1. The number of nitrogens with one attached hydrogen (secondary N) is 1. The molecule has 0 saturated carbocycles. The Morgan fingerprint density at radius 3 is 1.43 bits per heavy atom. The molecule has 15 heteroatoms. The van der Waals surface area contributed by atoms with Gasteiger partial charge in [-0.2, -0.15) is 19.4 Å². The molecular formula is C13H6F5NO4S5. The predicted molar refractivity (Wildman–Crippen MR) is 101 cm³/mol. The van der Waals surface area contributed by atoms with Crippen molar-refractivity contribution in [1.82, 2.24) is 0 Å². The minimum atomic E-state index is -1.31. The second-order valence-corrected chi connectivity index (χ2v) is 7.53. The van der Waals surface area contributed by atoms with Gasteiger partial charge in [-0.1, -0.05) is 0 Å². The lowest BCUT2D eigenvalue weighted by Gasteiger charge is -2.18. The van der Waals surface area contributed by atoms with E-state index in [0.717, 1.165) is 0 Å². The van der Waals surface area contributed by atoms with E-state index < -0.39 is 120 Å². The maximum absolute atomic E-state index is 13.5. The Morgan fingerprint density at radius 2 is 1.07 bits per heavy atom. The van der Waals surface area contributed by atoms with Crippen molar-refractivity contribution in [2.24, 2.45) is 0 Å². The fourth-order valence-corrected chi connectivity index (χ4v) is 4.97. The standard InChI is InChI=1S/C13H6F5NO4S5/c14-24-8-7(9(25-15)11(27-17)12(28-18)10(8)26-16)19-13(23)6-4(21)1-3(20)2-5(6)22/h1-2,20-22H,(H,19,23). The molecule has 0 heterocycles. The van der Waals surface area contributed by atoms with Gasteiger partial charge in [0.2, 0.25) is 0 Å². The summed E-state index contributed by atoms with van der Waals surface area (Å²) in [5.41, 5.74) is -1.52. The number of amides is 1. The molecule has 0 fully saturated rings. The Labute approximate surface area is 176 Å². The summed E-state index contributed by atoms with van der Waals surface area (Å²) in [6.07, 6.45) is 0. The highest BCUT2D eigenvalue weighted by molar-refractivity contribution is 8.00. The van der Waals surface area contributed by atoms with E-state index in [-0.39, 0.29) is 0 Å². The SMILES string of the molecule is O=C(Nc1c(SF)c(SF)c(SF)c(SF)c1SF)c1c(O)cc(O)cc1O. The van der Waals surface area contributed by atoms with Crippen molar-refractivity contribution in [2.45, 2.75) is 24.5 Å². The number of rotatable bonds is 7. The first-order valence-electron chi connectivity index (χ1n) is 6.57. The molecule has 2 rings (SSSR count). The number of carbonyl (C=O) groups excluding carboxylic acids is 1. The van der Waals surface area contributed by atoms with Crippen LogP contribution in [0.15, 0.2) is 36.6 Å². The van der Waals surface area contributed by atoms with Crippen LogP contribution >= 0.6 is 60.7 Å². The van der Waals surface area contributed by atoms with Crippen LogP contribution < -0.4 is 5.32 Å². The quantitative estimate of drug-likeness (QED) is 0.305. The Kier molecular flexibility index (Phi) is 8.18. The Balaban J connectivity index is 2.69. The van der Waals surface area contributed by atoms with E-state index in [4.69, 9.17) is 0 Å². The molecule has 4 N–H and O–H groups in total. The number of benzene rings is 2. The highest BCUT2D eigenvalue weighted by Crippen LogP contribution is 2.54. The second kappa shape index (κ2) is 9.96. The molecule has 152 valence electrons. The van der Waals surface area contributed by atoms with Crippen molar-refractivity contribution >= 4 is 72.3 Å². The van der Waals surface area contributed by atoms with E-state index in [0.29, 0.717) is 12.1 Å². The van der Waals surface area contributed by atoms with Crippen molar-refractivity contribution in [3.63, 3.8) is 0 Å². The summed E-state index contributed by atoms with van der Waals surface area (Å²) in [4.78, 5) is 8.68. The van der Waals surface area contributed by atoms with Gasteiger partial charge in [0.15, 0.2) is 0 Å². The van der Waals surface area contributed by atoms with Gasteiger partial charge in [-0.15, -0.1) is 0 Å². The van der Waals surface area contributed by atoms with Gasteiger partial charge >= 0.3 is 0 Å². The number of aromatic hydroxyl groups is 3. The van der Waals surface area contributed by atoms with Crippen molar-refractivity contribution in [2.75, 3.05) is 5.32 Å². The molecule has 0 atom stereocenters. The van der Waals surface area contributed by atoms with Crippen LogP contribution in [-0.2, 0) is 0 Å². The Hall–Kier alpha value is -1.29. The normalized spacial score (nSPS) is 10.9. The largest absolute Gasteiger partial charge is 0.508 e. The molecule has 0 aromatic heterocycles. The smallest absolute Gasteiger partial charge is 0.263 e. The van der Waals surface area contributed by atoms with E-state index in [2.05, 4.69) is 0 Å². The molecule has 0 saturated heterocycles. The van der Waals surface area contributed by atoms with Gasteiger partial charge in [-0.05, 0) is 0 Å². The molecule has 0 aliphatic carbocycles. The van der Waals surface area contributed by atoms with Crippen LogP contribution in [0.5, 0.6) is 17.2 Å². The average Bonchev–Trinajstić information content (AvgIpc) is 2.65. The van der Waals surface area contributed by atoms with Crippen LogP contribution in [-0.4, -0.2) is 21.2 Å². The molecule has 0 radical (unpaired) electrons. The summed E-state index contributed by atoms with van der Waals surface area (Å²) in [6, 6.07) is 1.41. The molecule has 0 spiro atoms. The lowest BCUT2D eigenvalue weighted by Crippen LogP contribution is -2.14. The molecule has 2 aromatic rings. The van der Waals surface area contributed by atoms with E-state index in [9.17, 15) is 39.5 Å². The molecule has 5 nitrogen and oxygen atoms in total. The maximum atomic E-state index is 13.5. The number of halogens is 5. The summed E-state index contributed by atoms with van der Waals surface area (Å²) in [6.45, 7) is 0. The van der Waals surface area contributed by atoms with Crippen molar-refractivity contribution in [3.8, 4) is 17.2 Å². The van der Waals surface area contributed by atoms with Crippen LogP contribution in [0.1, 0.15) is 10.4 Å². The van der Waals surface area contributed by atoms with E-state index >= 15 is 0 Å². The molecule has 0 aliphatic heterocycles. The number of anilines is 1. The zero-order chi connectivity index (χ0) is 21.0. The summed E-state index contributed by atoms with van der Waals surface area (Å²) >= 11 is -3.26. The first kappa shape index (κ1) is 23.0. The first-order valence-corrected chi connectivity index (χ1v) is 10.2. The average molecular weight is 496 g/mol. The first-order chi connectivity index (χ1) is 13.3. The highest BCUT2D eigenvalue weighted by atomic mass is 32.2. The van der Waals surface area contributed by atoms with Gasteiger partial charge in [-0.3, -0.25) is 4.79 Å². The number of hydrogen-bond donors (Lipinski definition) is 4. The lowest BCUT2D eigenvalue weighted by molar-refractivity contribution is 0.102. The monoisotopic (exact) mass is 495 g/mol. The minimum Gasteiger partial charge on any atom is -0.508 e. The Morgan fingerprint density at radius 1 is 0.714 bits per heavy atom. The third-order valence-corrected chi connectivity index (χ3v) is 6.54. The van der Waals surface area contributed by atoms with E-state index in [1.165, 1.54) is 0 Å². The highest BCUT2D eigenvalue weighted by Gasteiger charge is 2.30. The van der Waals surface area contributed by atoms with Crippen LogP contribution in [0.4, 0.5) is 25.1 Å². The van der Waals surface area contributed by atoms with Crippen LogP contribution in [0, 0.1) is 0 Å². The second-order valence-electron chi connectivity index (χ2n) is 4.72. The number of carbonyl (C=O) groups is 1. The van der Waals surface area contributed by atoms with Crippen LogP contribution in [0.2, 0.25) is 0 Å². The number of phenols is 3. The molecule has 0 aliphatic rings. The molecule has 2 aromatic carbocycles. The van der Waals surface area contributed by atoms with Crippen molar-refractivity contribution < 1.29 is 39.5 Å². The van der Waals surface area contributed by atoms with Gasteiger partial charge in [0.25, 0.3) is 5.91 Å². The van der Waals surface area contributed by atoms with Crippen molar-refractivity contribution in [3.05, 3.63) is 17.7 Å². The van der Waals surface area contributed by atoms with Gasteiger partial charge in [0, 0.05) is 12.1 Å². The fourth-order valence-electron chi connectivity index (χ4n) is 2.12. The molecule has 1 amide bonds. The van der Waals surface area contributed by atoms with Gasteiger partial charge in [-0.25, -0.2) is 0 Å². The molecule has 28 heavy (non-hydrogen) atoms. The topological polar surface area (TPSA) is 89.8 Å². The fraction of sp³-hybridized carbons (Fsp3) is 0. The van der Waals surface area contributed by atoms with E-state index in [1.54, 1.807) is 0 Å². The zero-order valence-corrected chi connectivity index (χ0v) is 16.9. The van der Waals surface area contributed by atoms with Crippen LogP contribution in [0.3, 0.4) is 0 Å². The summed E-state index contributed by atoms with van der Waals surface area (Å²) < 4.78 is 66.7. The van der Waals surface area contributed by atoms with Crippen LogP contribution in [0.25, 0.3) is 0 Å². The van der Waals surface area contributed by atoms with Gasteiger partial charge in [0.1, 0.15) is 22.8 Å². The minimum absolute atomic E-state index is 0.580. The molecule has 0 unspecified atom stereocenters. The van der Waals surface area contributed by atoms with Gasteiger partial charge in [0.05, 0.1) is 90.9 Å². The number of phenolic OH excluding ortho intramolecular Hbond substituents is 3. The summed E-state index contributed by atoms with van der Waals surface area (Å²) in [5, 5.41) is 30.7. The third kappa shape index (κ3) is 4.32. The Bertz CT molecular complexity index is 863. The van der Waals surface area contributed by atoms with Gasteiger partial charge < -0.3 is 20.6 Å². The van der Waals surface area contributed by atoms with E-state index in [1.807, 2.05) is 5.32 Å². The zero-order valence-electron chi connectivity index (χ0n) is 12.8.